The second-order valence-electron chi connectivity index (χ2n) is 6.48. The molecule has 1 aromatic heterocycles. The van der Waals surface area contributed by atoms with Crippen molar-refractivity contribution in [3.63, 3.8) is 0 Å². The van der Waals surface area contributed by atoms with Gasteiger partial charge in [-0.25, -0.2) is 4.79 Å². The second kappa shape index (κ2) is 8.88. The molecule has 1 aromatic carbocycles. The van der Waals surface area contributed by atoms with Crippen LogP contribution in [-0.4, -0.2) is 43.1 Å². The van der Waals surface area contributed by atoms with Crippen LogP contribution in [0.3, 0.4) is 0 Å². The second-order valence-corrected chi connectivity index (χ2v) is 7.53. The quantitative estimate of drug-likeness (QED) is 0.677. The average molecular weight is 388 g/mol. The maximum atomic E-state index is 11.6. The van der Waals surface area contributed by atoms with E-state index in [1.165, 1.54) is 30.6 Å². The van der Waals surface area contributed by atoms with Crippen molar-refractivity contribution < 1.29 is 14.3 Å². The number of likely N-dealkylation sites (tertiary alicyclic amines) is 1. The fraction of sp³-hybridized carbons (Fsp3) is 0.368. The van der Waals surface area contributed by atoms with E-state index in [2.05, 4.69) is 10.2 Å². The number of primary amides is 2. The molecule has 7 nitrogen and oxygen atoms in total. The summed E-state index contributed by atoms with van der Waals surface area (Å²) in [5.41, 5.74) is 11.8. The van der Waals surface area contributed by atoms with Gasteiger partial charge in [-0.1, -0.05) is 6.42 Å². The molecule has 1 aliphatic rings. The zero-order valence-corrected chi connectivity index (χ0v) is 15.9. The number of benzene rings is 1. The minimum atomic E-state index is -0.737. The minimum Gasteiger partial charge on any atom is -0.492 e. The normalized spacial score (nSPS) is 14.7. The Balaban J connectivity index is 1.62. The van der Waals surface area contributed by atoms with E-state index in [1.807, 2.05) is 24.3 Å². The van der Waals surface area contributed by atoms with Crippen LogP contribution in [0, 0.1) is 0 Å². The molecule has 3 rings (SSSR count). The first-order valence-electron chi connectivity index (χ1n) is 8.98. The molecule has 0 bridgehead atoms. The number of thiophene rings is 1. The van der Waals surface area contributed by atoms with Crippen LogP contribution >= 0.6 is 11.3 Å². The zero-order valence-electron chi connectivity index (χ0n) is 15.1. The van der Waals surface area contributed by atoms with Crippen molar-refractivity contribution >= 4 is 29.0 Å². The lowest BCUT2D eigenvalue weighted by Crippen LogP contribution is -2.33. The van der Waals surface area contributed by atoms with Gasteiger partial charge in [0.2, 0.25) is 0 Å². The number of ether oxygens (including phenoxy) is 1. The zero-order chi connectivity index (χ0) is 19.2. The summed E-state index contributed by atoms with van der Waals surface area (Å²) >= 11 is 1.21. The molecular weight excluding hydrogens is 364 g/mol. The number of anilines is 1. The van der Waals surface area contributed by atoms with Crippen LogP contribution in [0.15, 0.2) is 30.3 Å². The Morgan fingerprint density at radius 1 is 1.11 bits per heavy atom. The molecule has 2 aromatic rings. The van der Waals surface area contributed by atoms with E-state index in [0.717, 1.165) is 35.8 Å². The first kappa shape index (κ1) is 19.2. The average Bonchev–Trinajstić information content (AvgIpc) is 3.06. The molecule has 0 atom stereocenters. The summed E-state index contributed by atoms with van der Waals surface area (Å²) in [5.74, 6) is 0.200. The number of nitrogens with zero attached hydrogens (tertiary/aromatic N) is 1. The van der Waals surface area contributed by atoms with Crippen molar-refractivity contribution in [2.24, 2.45) is 11.5 Å². The molecule has 0 radical (unpaired) electrons. The third-order valence-electron chi connectivity index (χ3n) is 4.48. The van der Waals surface area contributed by atoms with Gasteiger partial charge in [-0.15, -0.1) is 11.3 Å². The molecule has 2 heterocycles. The Bertz CT molecular complexity index is 798. The van der Waals surface area contributed by atoms with E-state index in [4.69, 9.17) is 16.2 Å². The van der Waals surface area contributed by atoms with Crippen LogP contribution in [0.1, 0.15) is 28.9 Å². The Hall–Kier alpha value is -2.58. The number of carbonyl (C=O) groups is 2. The van der Waals surface area contributed by atoms with Crippen LogP contribution in [0.4, 0.5) is 10.5 Å². The number of hydrogen-bond donors (Lipinski definition) is 3. The number of nitrogens with two attached hydrogens (primary N) is 2. The van der Waals surface area contributed by atoms with E-state index >= 15 is 0 Å². The molecule has 8 heteroatoms. The largest absolute Gasteiger partial charge is 0.492 e. The predicted molar refractivity (Wildman–Crippen MR) is 107 cm³/mol. The van der Waals surface area contributed by atoms with E-state index in [0.29, 0.717) is 12.3 Å². The summed E-state index contributed by atoms with van der Waals surface area (Å²) in [5, 5.41) is 2.43. The van der Waals surface area contributed by atoms with E-state index in [9.17, 15) is 9.59 Å². The van der Waals surface area contributed by atoms with Gasteiger partial charge < -0.3 is 21.5 Å². The van der Waals surface area contributed by atoms with E-state index < -0.39 is 11.9 Å². The molecule has 5 N–H and O–H groups in total. The van der Waals surface area contributed by atoms with Crippen LogP contribution in [-0.2, 0) is 0 Å². The lowest BCUT2D eigenvalue weighted by atomic mass is 10.1. The predicted octanol–water partition coefficient (Wildman–Crippen LogP) is 2.87. The molecule has 0 unspecified atom stereocenters. The van der Waals surface area contributed by atoms with Crippen molar-refractivity contribution in [2.45, 2.75) is 19.3 Å². The van der Waals surface area contributed by atoms with Crippen LogP contribution in [0.2, 0.25) is 0 Å². The minimum absolute atomic E-state index is 0.269. The van der Waals surface area contributed by atoms with Gasteiger partial charge in [0, 0.05) is 11.4 Å². The fourth-order valence-electron chi connectivity index (χ4n) is 3.13. The Kier molecular flexibility index (Phi) is 6.31. The first-order chi connectivity index (χ1) is 13.0. The number of urea groups is 1. The van der Waals surface area contributed by atoms with Crippen LogP contribution < -0.4 is 21.5 Å². The fourth-order valence-corrected chi connectivity index (χ4v) is 4.10. The van der Waals surface area contributed by atoms with Crippen molar-refractivity contribution in [2.75, 3.05) is 31.6 Å². The summed E-state index contributed by atoms with van der Waals surface area (Å²) < 4.78 is 5.83. The maximum Gasteiger partial charge on any atom is 0.316 e. The molecule has 0 spiro atoms. The van der Waals surface area contributed by atoms with Gasteiger partial charge in [0.25, 0.3) is 5.91 Å². The van der Waals surface area contributed by atoms with Crippen molar-refractivity contribution in [3.8, 4) is 16.2 Å². The third-order valence-corrected chi connectivity index (χ3v) is 5.68. The molecule has 144 valence electrons. The molecule has 1 fully saturated rings. The summed E-state index contributed by atoms with van der Waals surface area (Å²) in [6, 6.07) is 8.59. The van der Waals surface area contributed by atoms with E-state index in [-0.39, 0.29) is 4.88 Å². The number of nitrogens with one attached hydrogen (secondary N) is 1. The van der Waals surface area contributed by atoms with Crippen molar-refractivity contribution in [3.05, 3.63) is 35.2 Å². The van der Waals surface area contributed by atoms with E-state index in [1.54, 1.807) is 6.07 Å². The molecule has 3 amide bonds. The Labute approximate surface area is 162 Å². The van der Waals surface area contributed by atoms with Gasteiger partial charge in [0.15, 0.2) is 0 Å². The maximum absolute atomic E-state index is 11.6. The summed E-state index contributed by atoms with van der Waals surface area (Å²) in [4.78, 5) is 26.2. The van der Waals surface area contributed by atoms with Gasteiger partial charge in [0.05, 0.1) is 5.69 Å². The molecule has 0 saturated carbocycles. The summed E-state index contributed by atoms with van der Waals surface area (Å²) in [6.45, 7) is 3.92. The first-order valence-corrected chi connectivity index (χ1v) is 9.80. The van der Waals surface area contributed by atoms with Gasteiger partial charge in [-0.3, -0.25) is 9.69 Å². The molecular formula is C19H24N4O3S. The Morgan fingerprint density at radius 2 is 1.81 bits per heavy atom. The highest BCUT2D eigenvalue weighted by atomic mass is 32.1. The number of amides is 3. The molecule has 0 aliphatic carbocycles. The van der Waals surface area contributed by atoms with Crippen molar-refractivity contribution in [1.82, 2.24) is 4.90 Å². The SMILES string of the molecule is NC(=O)Nc1cc(-c2ccc(OCCN3CCCCC3)cc2)sc1C(N)=O. The lowest BCUT2D eigenvalue weighted by Gasteiger charge is -2.26. The highest BCUT2D eigenvalue weighted by molar-refractivity contribution is 7.18. The molecule has 27 heavy (non-hydrogen) atoms. The number of hydrogen-bond acceptors (Lipinski definition) is 5. The van der Waals surface area contributed by atoms with Crippen molar-refractivity contribution in [1.29, 1.82) is 0 Å². The van der Waals surface area contributed by atoms with Gasteiger partial charge >= 0.3 is 6.03 Å². The highest BCUT2D eigenvalue weighted by Crippen LogP contribution is 2.35. The topological polar surface area (TPSA) is 111 Å². The standard InChI is InChI=1S/C19H24N4O3S/c20-18(24)17-15(22-19(21)25)12-16(27-17)13-4-6-14(7-5-13)26-11-10-23-8-2-1-3-9-23/h4-7,12H,1-3,8-11H2,(H2,20,24)(H3,21,22,25). The Morgan fingerprint density at radius 3 is 2.44 bits per heavy atom. The number of piperidine rings is 1. The third kappa shape index (κ3) is 5.21. The molecule has 1 saturated heterocycles. The smallest absolute Gasteiger partial charge is 0.316 e. The highest BCUT2D eigenvalue weighted by Gasteiger charge is 2.16. The van der Waals surface area contributed by atoms with Crippen LogP contribution in [0.25, 0.3) is 10.4 Å². The summed E-state index contributed by atoms with van der Waals surface area (Å²) in [7, 11) is 0. The monoisotopic (exact) mass is 388 g/mol. The van der Waals surface area contributed by atoms with Crippen LogP contribution in [0.5, 0.6) is 5.75 Å². The lowest BCUT2D eigenvalue weighted by molar-refractivity contribution is 0.100. The van der Waals surface area contributed by atoms with Gasteiger partial charge in [0.1, 0.15) is 17.2 Å². The molecule has 1 aliphatic heterocycles. The number of carbonyl (C=O) groups excluding carboxylic acids is 2. The van der Waals surface area contributed by atoms with Gasteiger partial charge in [-0.05, 0) is 61.8 Å². The summed E-state index contributed by atoms with van der Waals surface area (Å²) in [6.07, 6.45) is 3.88. The van der Waals surface area contributed by atoms with Gasteiger partial charge in [-0.2, -0.15) is 0 Å². The number of rotatable bonds is 7.